The highest BCUT2D eigenvalue weighted by Gasteiger charge is 2.29. The molecule has 0 fully saturated rings. The number of thiophene rings is 1. The van der Waals surface area contributed by atoms with Crippen molar-refractivity contribution in [1.29, 1.82) is 0 Å². The van der Waals surface area contributed by atoms with Crippen LogP contribution in [0.1, 0.15) is 22.7 Å². The highest BCUT2D eigenvalue weighted by molar-refractivity contribution is 7.07. The van der Waals surface area contributed by atoms with Gasteiger partial charge in [-0.3, -0.25) is 0 Å². The summed E-state index contributed by atoms with van der Waals surface area (Å²) >= 11 is 1.77. The molecular formula is C14H15NS. The van der Waals surface area contributed by atoms with Gasteiger partial charge in [-0.25, -0.2) is 0 Å². The largest absolute Gasteiger partial charge is 0.324 e. The predicted molar refractivity (Wildman–Crippen MR) is 68.6 cm³/mol. The standard InChI is InChI=1S/C14H15NS/c15-14-12(7-10-5-6-16-9-10)8-11-3-1-2-4-13(11)14/h1-6,9,12,14H,7-8,15H2. The van der Waals surface area contributed by atoms with Crippen LogP contribution in [0.5, 0.6) is 0 Å². The molecule has 1 aliphatic carbocycles. The molecule has 16 heavy (non-hydrogen) atoms. The molecule has 2 aromatic rings. The maximum atomic E-state index is 6.31. The Morgan fingerprint density at radius 3 is 2.88 bits per heavy atom. The smallest absolute Gasteiger partial charge is 0.0332 e. The Morgan fingerprint density at radius 2 is 2.12 bits per heavy atom. The molecule has 0 aliphatic heterocycles. The maximum absolute atomic E-state index is 6.31. The molecule has 1 nitrogen and oxygen atoms in total. The lowest BCUT2D eigenvalue weighted by molar-refractivity contribution is 0.465. The first-order chi connectivity index (χ1) is 7.84. The molecule has 82 valence electrons. The van der Waals surface area contributed by atoms with Crippen molar-refractivity contribution in [3.8, 4) is 0 Å². The minimum Gasteiger partial charge on any atom is -0.324 e. The molecule has 0 spiro atoms. The fourth-order valence-corrected chi connectivity index (χ4v) is 3.30. The van der Waals surface area contributed by atoms with E-state index in [0.717, 1.165) is 12.8 Å². The Hall–Kier alpha value is -1.12. The number of nitrogens with two attached hydrogens (primary N) is 1. The Balaban J connectivity index is 1.82. The average molecular weight is 229 g/mol. The van der Waals surface area contributed by atoms with Gasteiger partial charge in [0.1, 0.15) is 0 Å². The van der Waals surface area contributed by atoms with Gasteiger partial charge in [-0.05, 0) is 52.3 Å². The van der Waals surface area contributed by atoms with Gasteiger partial charge >= 0.3 is 0 Å². The van der Waals surface area contributed by atoms with E-state index in [2.05, 4.69) is 41.1 Å². The molecule has 0 amide bonds. The zero-order valence-electron chi connectivity index (χ0n) is 9.10. The molecule has 1 aliphatic rings. The van der Waals surface area contributed by atoms with Crippen LogP contribution in [0, 0.1) is 5.92 Å². The molecule has 1 aromatic carbocycles. The number of hydrogen-bond donors (Lipinski definition) is 1. The first-order valence-corrected chi connectivity index (χ1v) is 6.63. The fourth-order valence-electron chi connectivity index (χ4n) is 2.62. The maximum Gasteiger partial charge on any atom is 0.0332 e. The van der Waals surface area contributed by atoms with Crippen molar-refractivity contribution in [3.63, 3.8) is 0 Å². The molecule has 0 radical (unpaired) electrons. The molecule has 3 rings (SSSR count). The topological polar surface area (TPSA) is 26.0 Å². The van der Waals surface area contributed by atoms with E-state index >= 15 is 0 Å². The molecule has 2 unspecified atom stereocenters. The number of benzene rings is 1. The van der Waals surface area contributed by atoms with Gasteiger partial charge in [-0.15, -0.1) is 0 Å². The van der Waals surface area contributed by atoms with Crippen LogP contribution in [0.4, 0.5) is 0 Å². The van der Waals surface area contributed by atoms with E-state index in [1.54, 1.807) is 11.3 Å². The summed E-state index contributed by atoms with van der Waals surface area (Å²) in [7, 11) is 0. The van der Waals surface area contributed by atoms with Crippen molar-refractivity contribution >= 4 is 11.3 Å². The molecule has 0 bridgehead atoms. The van der Waals surface area contributed by atoms with Gasteiger partial charge in [0.25, 0.3) is 0 Å². The molecule has 0 saturated carbocycles. The Labute approximate surface area is 99.9 Å². The minimum atomic E-state index is 0.219. The van der Waals surface area contributed by atoms with E-state index in [1.807, 2.05) is 0 Å². The molecule has 0 saturated heterocycles. The summed E-state index contributed by atoms with van der Waals surface area (Å²) in [5.41, 5.74) is 10.5. The second-order valence-electron chi connectivity index (χ2n) is 4.52. The van der Waals surface area contributed by atoms with Gasteiger partial charge in [0.2, 0.25) is 0 Å². The number of rotatable bonds is 2. The van der Waals surface area contributed by atoms with E-state index in [1.165, 1.54) is 16.7 Å². The van der Waals surface area contributed by atoms with Crippen LogP contribution in [0.25, 0.3) is 0 Å². The van der Waals surface area contributed by atoms with Crippen LogP contribution >= 0.6 is 11.3 Å². The zero-order valence-corrected chi connectivity index (χ0v) is 9.91. The van der Waals surface area contributed by atoms with Gasteiger partial charge in [0.15, 0.2) is 0 Å². The third-order valence-corrected chi connectivity index (χ3v) is 4.21. The van der Waals surface area contributed by atoms with Crippen molar-refractivity contribution in [2.75, 3.05) is 0 Å². The third-order valence-electron chi connectivity index (χ3n) is 3.48. The average Bonchev–Trinajstić information content (AvgIpc) is 2.90. The highest BCUT2D eigenvalue weighted by atomic mass is 32.1. The van der Waals surface area contributed by atoms with Crippen LogP contribution in [-0.2, 0) is 12.8 Å². The lowest BCUT2D eigenvalue weighted by Crippen LogP contribution is -2.18. The predicted octanol–water partition coefficient (Wildman–Crippen LogP) is 3.16. The summed E-state index contributed by atoms with van der Waals surface area (Å²) in [6.07, 6.45) is 2.24. The lowest BCUT2D eigenvalue weighted by atomic mass is 9.95. The van der Waals surface area contributed by atoms with Crippen molar-refractivity contribution in [2.45, 2.75) is 18.9 Å². The van der Waals surface area contributed by atoms with Crippen LogP contribution in [0.15, 0.2) is 41.1 Å². The van der Waals surface area contributed by atoms with E-state index < -0.39 is 0 Å². The summed E-state index contributed by atoms with van der Waals surface area (Å²) in [6.45, 7) is 0. The van der Waals surface area contributed by atoms with Gasteiger partial charge < -0.3 is 5.73 Å². The molecule has 2 heteroatoms. The second kappa shape index (κ2) is 4.04. The lowest BCUT2D eigenvalue weighted by Gasteiger charge is -2.14. The quantitative estimate of drug-likeness (QED) is 0.841. The summed E-state index contributed by atoms with van der Waals surface area (Å²) in [5, 5.41) is 4.37. The van der Waals surface area contributed by atoms with E-state index in [4.69, 9.17) is 5.73 Å². The highest BCUT2D eigenvalue weighted by Crippen LogP contribution is 2.36. The van der Waals surface area contributed by atoms with Crippen LogP contribution in [-0.4, -0.2) is 0 Å². The van der Waals surface area contributed by atoms with E-state index in [-0.39, 0.29) is 6.04 Å². The van der Waals surface area contributed by atoms with Crippen LogP contribution < -0.4 is 5.73 Å². The van der Waals surface area contributed by atoms with E-state index in [0.29, 0.717) is 5.92 Å². The summed E-state index contributed by atoms with van der Waals surface area (Å²) in [6, 6.07) is 11.0. The number of fused-ring (bicyclic) bond motifs is 1. The van der Waals surface area contributed by atoms with Gasteiger partial charge in [-0.1, -0.05) is 24.3 Å². The molecular weight excluding hydrogens is 214 g/mol. The van der Waals surface area contributed by atoms with E-state index in [9.17, 15) is 0 Å². The molecule has 2 N–H and O–H groups in total. The van der Waals surface area contributed by atoms with Crippen molar-refractivity contribution < 1.29 is 0 Å². The zero-order chi connectivity index (χ0) is 11.0. The molecule has 2 atom stereocenters. The Bertz CT molecular complexity index is 473. The Morgan fingerprint density at radius 1 is 1.25 bits per heavy atom. The van der Waals surface area contributed by atoms with Crippen LogP contribution in [0.3, 0.4) is 0 Å². The first kappa shape index (κ1) is 10.1. The van der Waals surface area contributed by atoms with Gasteiger partial charge in [0.05, 0.1) is 0 Å². The summed E-state index contributed by atoms with van der Waals surface area (Å²) in [5.74, 6) is 0.576. The van der Waals surface area contributed by atoms with Crippen LogP contribution in [0.2, 0.25) is 0 Å². The molecule has 1 heterocycles. The SMILES string of the molecule is NC1c2ccccc2CC1Cc1ccsc1. The van der Waals surface area contributed by atoms with Gasteiger partial charge in [0, 0.05) is 6.04 Å². The first-order valence-electron chi connectivity index (χ1n) is 5.69. The fraction of sp³-hybridized carbons (Fsp3) is 0.286. The number of hydrogen-bond acceptors (Lipinski definition) is 2. The summed E-state index contributed by atoms with van der Waals surface area (Å²) in [4.78, 5) is 0. The normalized spacial score (nSPS) is 23.3. The summed E-state index contributed by atoms with van der Waals surface area (Å²) < 4.78 is 0. The molecule has 1 aromatic heterocycles. The minimum absolute atomic E-state index is 0.219. The third kappa shape index (κ3) is 1.68. The monoisotopic (exact) mass is 229 g/mol. The van der Waals surface area contributed by atoms with Crippen molar-refractivity contribution in [1.82, 2.24) is 0 Å². The van der Waals surface area contributed by atoms with Gasteiger partial charge in [-0.2, -0.15) is 11.3 Å². The van der Waals surface area contributed by atoms with Crippen molar-refractivity contribution in [2.24, 2.45) is 11.7 Å². The Kier molecular flexibility index (Phi) is 2.54. The second-order valence-corrected chi connectivity index (χ2v) is 5.30. The van der Waals surface area contributed by atoms with Crippen molar-refractivity contribution in [3.05, 3.63) is 57.8 Å².